The van der Waals surface area contributed by atoms with Crippen LogP contribution in [0.25, 0.3) is 0 Å². The summed E-state index contributed by atoms with van der Waals surface area (Å²) >= 11 is 11.9. The lowest BCUT2D eigenvalue weighted by Crippen LogP contribution is -2.17. The van der Waals surface area contributed by atoms with Crippen LogP contribution in [0.5, 0.6) is 0 Å². The van der Waals surface area contributed by atoms with Gasteiger partial charge < -0.3 is 4.90 Å². The largest absolute Gasteiger partial charge is 0.355 e. The second kappa shape index (κ2) is 6.07. The minimum Gasteiger partial charge on any atom is -0.355 e. The third-order valence-electron chi connectivity index (χ3n) is 2.72. The predicted octanol–water partition coefficient (Wildman–Crippen LogP) is 4.11. The fourth-order valence-corrected chi connectivity index (χ4v) is 2.04. The molecule has 0 amide bonds. The highest BCUT2D eigenvalue weighted by atomic mass is 35.5. The molecule has 0 bridgehead atoms. The molecule has 0 saturated heterocycles. The van der Waals surface area contributed by atoms with E-state index in [2.05, 4.69) is 9.88 Å². The van der Waals surface area contributed by atoms with Gasteiger partial charge in [0.2, 0.25) is 0 Å². The van der Waals surface area contributed by atoms with Crippen molar-refractivity contribution >= 4 is 29.0 Å². The van der Waals surface area contributed by atoms with Crippen LogP contribution in [0.2, 0.25) is 5.02 Å². The molecule has 0 saturated carbocycles. The van der Waals surface area contributed by atoms with E-state index < -0.39 is 0 Å². The lowest BCUT2D eigenvalue weighted by atomic mass is 10.2. The van der Waals surface area contributed by atoms with Gasteiger partial charge in [-0.2, -0.15) is 0 Å². The van der Waals surface area contributed by atoms with Gasteiger partial charge in [-0.1, -0.05) is 35.9 Å². The topological polar surface area (TPSA) is 16.1 Å². The number of benzene rings is 1. The van der Waals surface area contributed by atoms with E-state index in [0.717, 1.165) is 28.5 Å². The molecule has 0 aliphatic rings. The first-order valence-corrected chi connectivity index (χ1v) is 6.57. The number of nitrogens with zero attached hydrogens (tertiary/aromatic N) is 2. The maximum absolute atomic E-state index is 6.14. The van der Waals surface area contributed by atoms with E-state index in [0.29, 0.717) is 5.88 Å². The summed E-state index contributed by atoms with van der Waals surface area (Å²) in [7, 11) is 1.99. The molecule has 1 aromatic carbocycles. The Labute approximate surface area is 117 Å². The first-order valence-electron chi connectivity index (χ1n) is 5.66. The minimum atomic E-state index is 0.488. The quantitative estimate of drug-likeness (QED) is 0.784. The number of rotatable bonds is 4. The van der Waals surface area contributed by atoms with Gasteiger partial charge in [-0.3, -0.25) is 0 Å². The van der Waals surface area contributed by atoms with Crippen molar-refractivity contribution in [2.75, 3.05) is 11.9 Å². The molecule has 94 valence electrons. The SMILES string of the molecule is CN(Cc1ccccc1Cl)c1ccc(CCl)cn1. The first kappa shape index (κ1) is 13.2. The fourth-order valence-electron chi connectivity index (χ4n) is 1.68. The molecule has 0 radical (unpaired) electrons. The molecule has 0 aliphatic carbocycles. The molecule has 0 fully saturated rings. The van der Waals surface area contributed by atoms with E-state index in [4.69, 9.17) is 23.2 Å². The van der Waals surface area contributed by atoms with E-state index in [-0.39, 0.29) is 0 Å². The van der Waals surface area contributed by atoms with Gasteiger partial charge in [-0.25, -0.2) is 4.98 Å². The van der Waals surface area contributed by atoms with Gasteiger partial charge in [0.25, 0.3) is 0 Å². The van der Waals surface area contributed by atoms with Crippen molar-refractivity contribution in [3.8, 4) is 0 Å². The van der Waals surface area contributed by atoms with Crippen molar-refractivity contribution < 1.29 is 0 Å². The molecule has 18 heavy (non-hydrogen) atoms. The zero-order chi connectivity index (χ0) is 13.0. The lowest BCUT2D eigenvalue weighted by molar-refractivity contribution is 0.896. The summed E-state index contributed by atoms with van der Waals surface area (Å²) in [6.07, 6.45) is 1.80. The van der Waals surface area contributed by atoms with Gasteiger partial charge in [-0.05, 0) is 23.3 Å². The third kappa shape index (κ3) is 3.15. The summed E-state index contributed by atoms with van der Waals surface area (Å²) < 4.78 is 0. The van der Waals surface area contributed by atoms with Crippen molar-refractivity contribution in [3.63, 3.8) is 0 Å². The second-order valence-electron chi connectivity index (χ2n) is 4.11. The number of alkyl halides is 1. The molecule has 2 nitrogen and oxygen atoms in total. The number of aromatic nitrogens is 1. The van der Waals surface area contributed by atoms with Crippen LogP contribution in [0.3, 0.4) is 0 Å². The van der Waals surface area contributed by atoms with E-state index >= 15 is 0 Å². The standard InChI is InChI=1S/C14H14Cl2N2/c1-18(10-12-4-2-3-5-13(12)16)14-7-6-11(8-15)9-17-14/h2-7,9H,8,10H2,1H3. The van der Waals surface area contributed by atoms with Crippen LogP contribution < -0.4 is 4.90 Å². The number of anilines is 1. The number of halogens is 2. The number of hydrogen-bond donors (Lipinski definition) is 0. The zero-order valence-corrected chi connectivity index (χ0v) is 11.6. The highest BCUT2D eigenvalue weighted by Gasteiger charge is 2.06. The second-order valence-corrected chi connectivity index (χ2v) is 4.78. The summed E-state index contributed by atoms with van der Waals surface area (Å²) in [4.78, 5) is 6.43. The Kier molecular flexibility index (Phi) is 4.45. The Morgan fingerprint density at radius 1 is 1.17 bits per heavy atom. The maximum Gasteiger partial charge on any atom is 0.128 e. The van der Waals surface area contributed by atoms with Crippen LogP contribution in [0, 0.1) is 0 Å². The molecule has 0 spiro atoms. The van der Waals surface area contributed by atoms with Crippen molar-refractivity contribution in [2.24, 2.45) is 0 Å². The summed E-state index contributed by atoms with van der Waals surface area (Å²) in [5.41, 5.74) is 2.11. The van der Waals surface area contributed by atoms with Crippen LogP contribution in [0.1, 0.15) is 11.1 Å². The summed E-state index contributed by atoms with van der Waals surface area (Å²) in [6.45, 7) is 0.729. The Hall–Kier alpha value is -1.25. The van der Waals surface area contributed by atoms with Crippen LogP contribution >= 0.6 is 23.2 Å². The Balaban J connectivity index is 2.11. The lowest BCUT2D eigenvalue weighted by Gasteiger charge is -2.19. The van der Waals surface area contributed by atoms with Gasteiger partial charge in [-0.15, -0.1) is 11.6 Å². The van der Waals surface area contributed by atoms with E-state index in [1.54, 1.807) is 6.20 Å². The van der Waals surface area contributed by atoms with Gasteiger partial charge in [0.05, 0.1) is 0 Å². The molecule has 0 atom stereocenters. The van der Waals surface area contributed by atoms with Crippen molar-refractivity contribution in [2.45, 2.75) is 12.4 Å². The van der Waals surface area contributed by atoms with Crippen LogP contribution in [-0.4, -0.2) is 12.0 Å². The Morgan fingerprint density at radius 2 is 1.94 bits per heavy atom. The molecule has 4 heteroatoms. The molecular weight excluding hydrogens is 267 g/mol. The summed E-state index contributed by atoms with van der Waals surface area (Å²) in [5.74, 6) is 1.39. The third-order valence-corrected chi connectivity index (χ3v) is 3.40. The maximum atomic E-state index is 6.14. The van der Waals surface area contributed by atoms with Crippen molar-refractivity contribution in [3.05, 3.63) is 58.7 Å². The van der Waals surface area contributed by atoms with E-state index in [1.165, 1.54) is 0 Å². The van der Waals surface area contributed by atoms with Gasteiger partial charge in [0, 0.05) is 30.7 Å². The van der Waals surface area contributed by atoms with Gasteiger partial charge in [0.1, 0.15) is 5.82 Å². The van der Waals surface area contributed by atoms with Gasteiger partial charge in [0.15, 0.2) is 0 Å². The Morgan fingerprint density at radius 3 is 2.56 bits per heavy atom. The van der Waals surface area contributed by atoms with Gasteiger partial charge >= 0.3 is 0 Å². The minimum absolute atomic E-state index is 0.488. The molecule has 0 N–H and O–H groups in total. The van der Waals surface area contributed by atoms with Crippen LogP contribution in [0.4, 0.5) is 5.82 Å². The molecule has 2 aromatic rings. The molecule has 2 rings (SSSR count). The monoisotopic (exact) mass is 280 g/mol. The highest BCUT2D eigenvalue weighted by molar-refractivity contribution is 6.31. The molecule has 1 heterocycles. The molecule has 0 aliphatic heterocycles. The Bertz CT molecular complexity index is 511. The summed E-state index contributed by atoms with van der Waals surface area (Å²) in [5, 5.41) is 0.779. The highest BCUT2D eigenvalue weighted by Crippen LogP contribution is 2.19. The number of hydrogen-bond acceptors (Lipinski definition) is 2. The van der Waals surface area contributed by atoms with E-state index in [9.17, 15) is 0 Å². The van der Waals surface area contributed by atoms with Crippen molar-refractivity contribution in [1.82, 2.24) is 4.98 Å². The molecule has 1 aromatic heterocycles. The smallest absolute Gasteiger partial charge is 0.128 e. The average molecular weight is 281 g/mol. The normalized spacial score (nSPS) is 10.4. The molecular formula is C14H14Cl2N2. The number of pyridine rings is 1. The average Bonchev–Trinajstić information content (AvgIpc) is 2.41. The first-order chi connectivity index (χ1) is 8.70. The van der Waals surface area contributed by atoms with Crippen LogP contribution in [0.15, 0.2) is 42.6 Å². The van der Waals surface area contributed by atoms with E-state index in [1.807, 2.05) is 43.4 Å². The predicted molar refractivity (Wildman–Crippen MR) is 77.4 cm³/mol. The summed E-state index contributed by atoms with van der Waals surface area (Å²) in [6, 6.07) is 11.8. The fraction of sp³-hybridized carbons (Fsp3) is 0.214. The zero-order valence-electron chi connectivity index (χ0n) is 10.1. The van der Waals surface area contributed by atoms with Crippen LogP contribution in [-0.2, 0) is 12.4 Å². The molecule has 0 unspecified atom stereocenters. The van der Waals surface area contributed by atoms with Crippen molar-refractivity contribution in [1.29, 1.82) is 0 Å².